The Morgan fingerprint density at radius 3 is 2.73 bits per heavy atom. The number of carbonyl (C=O) groups is 2. The molecule has 1 N–H and O–H groups in total. The third kappa shape index (κ3) is 5.71. The summed E-state index contributed by atoms with van der Waals surface area (Å²) in [5.41, 5.74) is 0.689. The van der Waals surface area contributed by atoms with Crippen LogP contribution in [0.5, 0.6) is 0 Å². The highest BCUT2D eigenvalue weighted by molar-refractivity contribution is 7.93. The van der Waals surface area contributed by atoms with E-state index in [4.69, 9.17) is 9.15 Å². The number of anilines is 1. The minimum atomic E-state index is -3.55. The van der Waals surface area contributed by atoms with E-state index < -0.39 is 21.7 Å². The Morgan fingerprint density at radius 1 is 1.24 bits per heavy atom. The minimum Gasteiger partial charge on any atom is -0.462 e. The third-order valence-electron chi connectivity index (χ3n) is 4.21. The fraction of sp³-hybridized carbons (Fsp3) is 0.190. The van der Waals surface area contributed by atoms with E-state index in [2.05, 4.69) is 15.5 Å². The van der Waals surface area contributed by atoms with E-state index in [1.54, 1.807) is 49.4 Å². The molecule has 33 heavy (non-hydrogen) atoms. The summed E-state index contributed by atoms with van der Waals surface area (Å²) in [5, 5.41) is 18.9. The molecule has 10 nitrogen and oxygen atoms in total. The van der Waals surface area contributed by atoms with E-state index in [9.17, 15) is 23.3 Å². The largest absolute Gasteiger partial charge is 0.462 e. The SMILES string of the molecule is CCOC(=O)c1cccc(-c2ccc(C=C(C#N)C(=O)Nc3nnc(S(=O)(=O)CC)s3)o2)c1. The van der Waals surface area contributed by atoms with Crippen molar-refractivity contribution in [2.75, 3.05) is 17.7 Å². The maximum atomic E-state index is 12.4. The van der Waals surface area contributed by atoms with Crippen LogP contribution in [0.1, 0.15) is 30.0 Å². The molecule has 3 rings (SSSR count). The minimum absolute atomic E-state index is 0.0518. The first-order valence-corrected chi connectivity index (χ1v) is 12.1. The molecular weight excluding hydrogens is 468 g/mol. The number of nitrogens with one attached hydrogen (secondary N) is 1. The molecule has 0 atom stereocenters. The Kier molecular flexibility index (Phi) is 7.37. The molecule has 0 radical (unpaired) electrons. The zero-order valence-electron chi connectivity index (χ0n) is 17.6. The predicted molar refractivity (Wildman–Crippen MR) is 120 cm³/mol. The van der Waals surface area contributed by atoms with Crippen molar-refractivity contribution in [3.05, 3.63) is 53.3 Å². The molecule has 2 aromatic heterocycles. The van der Waals surface area contributed by atoms with Gasteiger partial charge in [0, 0.05) is 11.6 Å². The number of amides is 1. The van der Waals surface area contributed by atoms with Crippen molar-refractivity contribution in [3.63, 3.8) is 0 Å². The molecular formula is C21H18N4O6S2. The van der Waals surface area contributed by atoms with Crippen LogP contribution in [0.4, 0.5) is 5.13 Å². The van der Waals surface area contributed by atoms with Gasteiger partial charge in [-0.1, -0.05) is 30.4 Å². The van der Waals surface area contributed by atoms with E-state index in [1.165, 1.54) is 13.0 Å². The number of furan rings is 1. The van der Waals surface area contributed by atoms with Crippen molar-refractivity contribution in [3.8, 4) is 17.4 Å². The van der Waals surface area contributed by atoms with E-state index in [1.807, 2.05) is 0 Å². The topological polar surface area (TPSA) is 152 Å². The lowest BCUT2D eigenvalue weighted by molar-refractivity contribution is -0.112. The number of carbonyl (C=O) groups excluding carboxylic acids is 2. The van der Waals surface area contributed by atoms with Crippen molar-refractivity contribution in [1.29, 1.82) is 5.26 Å². The highest BCUT2D eigenvalue weighted by atomic mass is 32.2. The second kappa shape index (κ2) is 10.2. The van der Waals surface area contributed by atoms with Gasteiger partial charge in [0.05, 0.1) is 17.9 Å². The smallest absolute Gasteiger partial charge is 0.338 e. The Morgan fingerprint density at radius 2 is 2.03 bits per heavy atom. The first-order valence-electron chi connectivity index (χ1n) is 9.64. The van der Waals surface area contributed by atoms with Gasteiger partial charge >= 0.3 is 5.97 Å². The highest BCUT2D eigenvalue weighted by Crippen LogP contribution is 2.25. The van der Waals surface area contributed by atoms with Gasteiger partial charge in [0.25, 0.3) is 5.91 Å². The molecule has 3 aromatic rings. The molecule has 0 saturated heterocycles. The van der Waals surface area contributed by atoms with Crippen molar-refractivity contribution in [2.45, 2.75) is 18.2 Å². The van der Waals surface area contributed by atoms with Crippen LogP contribution < -0.4 is 5.32 Å². The molecule has 0 spiro atoms. The Labute approximate surface area is 193 Å². The van der Waals surface area contributed by atoms with Gasteiger partial charge in [0.15, 0.2) is 0 Å². The Balaban J connectivity index is 1.78. The van der Waals surface area contributed by atoms with Crippen molar-refractivity contribution in [1.82, 2.24) is 10.2 Å². The second-order valence-electron chi connectivity index (χ2n) is 6.40. The van der Waals surface area contributed by atoms with Gasteiger partial charge in [-0.25, -0.2) is 13.2 Å². The quantitative estimate of drug-likeness (QED) is 0.219. The number of rotatable bonds is 8. The molecule has 0 unspecified atom stereocenters. The first-order chi connectivity index (χ1) is 15.8. The molecule has 0 aliphatic heterocycles. The molecule has 1 aromatic carbocycles. The van der Waals surface area contributed by atoms with Crippen LogP contribution >= 0.6 is 11.3 Å². The van der Waals surface area contributed by atoms with Gasteiger partial charge in [0.2, 0.25) is 19.3 Å². The first kappa shape index (κ1) is 23.8. The summed E-state index contributed by atoms with van der Waals surface area (Å²) >= 11 is 0.695. The summed E-state index contributed by atoms with van der Waals surface area (Å²) in [5.74, 6) is -0.756. The zero-order valence-corrected chi connectivity index (χ0v) is 19.2. The van der Waals surface area contributed by atoms with Crippen LogP contribution in [-0.4, -0.2) is 42.9 Å². The lowest BCUT2D eigenvalue weighted by Crippen LogP contribution is -2.13. The average Bonchev–Trinajstić information content (AvgIpc) is 3.48. The standard InChI is InChI=1S/C21H18N4O6S2/c1-3-30-19(27)14-7-5-6-13(10-14)17-9-8-16(31-17)11-15(12-22)18(26)23-20-24-25-21(32-20)33(28,29)4-2/h5-11H,3-4H2,1-2H3,(H,23,24,26). The highest BCUT2D eigenvalue weighted by Gasteiger charge is 2.20. The Bertz CT molecular complexity index is 1370. The molecule has 0 saturated carbocycles. The lowest BCUT2D eigenvalue weighted by atomic mass is 10.1. The average molecular weight is 487 g/mol. The molecule has 0 fully saturated rings. The monoisotopic (exact) mass is 486 g/mol. The summed E-state index contributed by atoms with van der Waals surface area (Å²) in [6.45, 7) is 3.44. The normalized spacial score (nSPS) is 11.6. The molecule has 0 aliphatic carbocycles. The van der Waals surface area contributed by atoms with Gasteiger partial charge in [-0.2, -0.15) is 5.26 Å². The number of benzene rings is 1. The summed E-state index contributed by atoms with van der Waals surface area (Å²) < 4.78 is 34.1. The number of ether oxygens (including phenoxy) is 1. The van der Waals surface area contributed by atoms with E-state index in [-0.39, 0.29) is 33.2 Å². The summed E-state index contributed by atoms with van der Waals surface area (Å²) in [7, 11) is -3.55. The van der Waals surface area contributed by atoms with Crippen LogP contribution in [0, 0.1) is 11.3 Å². The molecule has 2 heterocycles. The second-order valence-corrected chi connectivity index (χ2v) is 9.83. The van der Waals surface area contributed by atoms with Gasteiger partial charge < -0.3 is 9.15 Å². The fourth-order valence-corrected chi connectivity index (χ4v) is 4.55. The number of sulfone groups is 1. The summed E-state index contributed by atoms with van der Waals surface area (Å²) in [6, 6.07) is 11.6. The van der Waals surface area contributed by atoms with Crippen molar-refractivity contribution < 1.29 is 27.2 Å². The lowest BCUT2D eigenvalue weighted by Gasteiger charge is -2.03. The predicted octanol–water partition coefficient (Wildman–Crippen LogP) is 3.31. The number of nitriles is 1. The molecule has 0 bridgehead atoms. The zero-order chi connectivity index (χ0) is 24.0. The fourth-order valence-electron chi connectivity index (χ4n) is 2.56. The van der Waals surface area contributed by atoms with E-state index in [0.29, 0.717) is 28.2 Å². The van der Waals surface area contributed by atoms with Crippen LogP contribution in [0.2, 0.25) is 0 Å². The van der Waals surface area contributed by atoms with Crippen molar-refractivity contribution >= 4 is 44.3 Å². The Hall–Kier alpha value is -3.82. The molecule has 0 aliphatic rings. The summed E-state index contributed by atoms with van der Waals surface area (Å²) in [6.07, 6.45) is 1.23. The van der Waals surface area contributed by atoms with E-state index in [0.717, 1.165) is 0 Å². The third-order valence-corrected chi connectivity index (χ3v) is 7.23. The maximum absolute atomic E-state index is 12.4. The van der Waals surface area contributed by atoms with Gasteiger partial charge in [-0.15, -0.1) is 10.2 Å². The van der Waals surface area contributed by atoms with Crippen LogP contribution in [0.15, 0.2) is 50.7 Å². The number of hydrogen-bond acceptors (Lipinski definition) is 10. The van der Waals surface area contributed by atoms with Gasteiger partial charge in [-0.05, 0) is 31.2 Å². The molecule has 1 amide bonds. The summed E-state index contributed by atoms with van der Waals surface area (Å²) in [4.78, 5) is 24.4. The van der Waals surface area contributed by atoms with E-state index >= 15 is 0 Å². The number of hydrogen-bond donors (Lipinski definition) is 1. The van der Waals surface area contributed by atoms with Crippen molar-refractivity contribution in [2.24, 2.45) is 0 Å². The van der Waals surface area contributed by atoms with Crippen LogP contribution in [0.3, 0.4) is 0 Å². The number of nitrogens with zero attached hydrogens (tertiary/aromatic N) is 3. The molecule has 12 heteroatoms. The number of aromatic nitrogens is 2. The number of esters is 1. The van der Waals surface area contributed by atoms with Gasteiger partial charge in [0.1, 0.15) is 23.2 Å². The van der Waals surface area contributed by atoms with Gasteiger partial charge in [-0.3, -0.25) is 10.1 Å². The van der Waals surface area contributed by atoms with Crippen LogP contribution in [0.25, 0.3) is 17.4 Å². The maximum Gasteiger partial charge on any atom is 0.338 e. The van der Waals surface area contributed by atoms with Crippen LogP contribution in [-0.2, 0) is 19.4 Å². The molecule has 170 valence electrons.